The zero-order chi connectivity index (χ0) is 14.4. The largest absolute Gasteiger partial charge is 0.435 e. The molecule has 1 saturated heterocycles. The lowest BCUT2D eigenvalue weighted by Crippen LogP contribution is -2.43. The second-order valence-electron chi connectivity index (χ2n) is 4.76. The number of piperidine rings is 1. The first-order valence-electron chi connectivity index (χ1n) is 6.71. The molecule has 1 atom stereocenters. The van der Waals surface area contributed by atoms with Gasteiger partial charge in [-0.15, -0.1) is 0 Å². The maximum atomic E-state index is 12.0. The monoisotopic (exact) mass is 284 g/mol. The standard InChI is InChI=1S/C14H18F2N2O2/c15-14(16)20-12-6-4-10(5-7-12)13(19)18-9-11-3-1-2-8-17-11/h4-7,11,14,17H,1-3,8-9H2,(H,18,19). The minimum Gasteiger partial charge on any atom is -0.435 e. The van der Waals surface area contributed by atoms with Crippen molar-refractivity contribution < 1.29 is 18.3 Å². The minimum atomic E-state index is -2.85. The Labute approximate surface area is 116 Å². The molecule has 0 aromatic heterocycles. The first-order valence-corrected chi connectivity index (χ1v) is 6.71. The Kier molecular flexibility index (Phi) is 5.29. The highest BCUT2D eigenvalue weighted by Crippen LogP contribution is 2.15. The van der Waals surface area contributed by atoms with Crippen molar-refractivity contribution in [3.8, 4) is 5.75 Å². The molecule has 1 aliphatic rings. The summed E-state index contributed by atoms with van der Waals surface area (Å²) in [5, 5.41) is 6.18. The predicted molar refractivity (Wildman–Crippen MR) is 71.0 cm³/mol. The number of halogens is 2. The summed E-state index contributed by atoms with van der Waals surface area (Å²) in [6, 6.07) is 5.98. The van der Waals surface area contributed by atoms with E-state index < -0.39 is 6.61 Å². The molecule has 20 heavy (non-hydrogen) atoms. The van der Waals surface area contributed by atoms with Gasteiger partial charge in [-0.1, -0.05) is 6.42 Å². The van der Waals surface area contributed by atoms with Crippen molar-refractivity contribution in [1.29, 1.82) is 0 Å². The van der Waals surface area contributed by atoms with E-state index >= 15 is 0 Å². The molecule has 1 aromatic carbocycles. The van der Waals surface area contributed by atoms with E-state index in [1.807, 2.05) is 0 Å². The zero-order valence-electron chi connectivity index (χ0n) is 11.1. The Hall–Kier alpha value is -1.69. The highest BCUT2D eigenvalue weighted by Gasteiger charge is 2.14. The van der Waals surface area contributed by atoms with Gasteiger partial charge in [-0.3, -0.25) is 4.79 Å². The van der Waals surface area contributed by atoms with Crippen LogP contribution in [0.25, 0.3) is 0 Å². The molecule has 1 fully saturated rings. The molecule has 0 radical (unpaired) electrons. The van der Waals surface area contributed by atoms with Crippen molar-refractivity contribution in [2.24, 2.45) is 0 Å². The topological polar surface area (TPSA) is 50.4 Å². The van der Waals surface area contributed by atoms with Crippen LogP contribution >= 0.6 is 0 Å². The third kappa shape index (κ3) is 4.45. The minimum absolute atomic E-state index is 0.0468. The van der Waals surface area contributed by atoms with E-state index in [4.69, 9.17) is 0 Å². The molecule has 0 saturated carbocycles. The summed E-state index contributed by atoms with van der Waals surface area (Å²) in [5.41, 5.74) is 0.433. The highest BCUT2D eigenvalue weighted by molar-refractivity contribution is 5.94. The van der Waals surface area contributed by atoms with Crippen molar-refractivity contribution in [3.05, 3.63) is 29.8 Å². The number of amides is 1. The molecule has 0 aliphatic carbocycles. The van der Waals surface area contributed by atoms with Crippen LogP contribution in [0.15, 0.2) is 24.3 Å². The van der Waals surface area contributed by atoms with Gasteiger partial charge in [-0.05, 0) is 43.7 Å². The molecule has 1 aliphatic heterocycles. The molecule has 1 heterocycles. The van der Waals surface area contributed by atoms with E-state index in [9.17, 15) is 13.6 Å². The van der Waals surface area contributed by atoms with Crippen LogP contribution in [0.5, 0.6) is 5.75 Å². The van der Waals surface area contributed by atoms with Gasteiger partial charge < -0.3 is 15.4 Å². The lowest BCUT2D eigenvalue weighted by atomic mass is 10.1. The molecule has 1 amide bonds. The Morgan fingerprint density at radius 1 is 1.35 bits per heavy atom. The van der Waals surface area contributed by atoms with Crippen molar-refractivity contribution in [1.82, 2.24) is 10.6 Å². The van der Waals surface area contributed by atoms with E-state index in [1.54, 1.807) is 0 Å². The second kappa shape index (κ2) is 7.19. The molecule has 0 spiro atoms. The summed E-state index contributed by atoms with van der Waals surface area (Å²) < 4.78 is 28.2. The predicted octanol–water partition coefficient (Wildman–Crippen LogP) is 2.16. The average Bonchev–Trinajstić information content (AvgIpc) is 2.46. The first-order chi connectivity index (χ1) is 9.65. The SMILES string of the molecule is O=C(NCC1CCCCN1)c1ccc(OC(F)F)cc1. The lowest BCUT2D eigenvalue weighted by Gasteiger charge is -2.23. The van der Waals surface area contributed by atoms with Gasteiger partial charge >= 0.3 is 6.61 Å². The van der Waals surface area contributed by atoms with E-state index in [0.29, 0.717) is 18.2 Å². The van der Waals surface area contributed by atoms with E-state index in [2.05, 4.69) is 15.4 Å². The average molecular weight is 284 g/mol. The van der Waals surface area contributed by atoms with E-state index in [-0.39, 0.29) is 11.7 Å². The number of hydrogen-bond acceptors (Lipinski definition) is 3. The molecule has 2 N–H and O–H groups in total. The third-order valence-corrected chi connectivity index (χ3v) is 3.26. The van der Waals surface area contributed by atoms with Gasteiger partial charge in [-0.25, -0.2) is 0 Å². The van der Waals surface area contributed by atoms with Crippen LogP contribution in [0.4, 0.5) is 8.78 Å². The molecular formula is C14H18F2N2O2. The van der Waals surface area contributed by atoms with Gasteiger partial charge in [0.15, 0.2) is 0 Å². The van der Waals surface area contributed by atoms with Crippen molar-refractivity contribution >= 4 is 5.91 Å². The van der Waals surface area contributed by atoms with E-state index in [0.717, 1.165) is 13.0 Å². The molecule has 0 bridgehead atoms. The zero-order valence-corrected chi connectivity index (χ0v) is 11.1. The molecule has 6 heteroatoms. The fourth-order valence-electron chi connectivity index (χ4n) is 2.20. The van der Waals surface area contributed by atoms with Crippen LogP contribution in [0, 0.1) is 0 Å². The maximum absolute atomic E-state index is 12.0. The Bertz CT molecular complexity index is 431. The van der Waals surface area contributed by atoms with Crippen molar-refractivity contribution in [2.45, 2.75) is 31.9 Å². The third-order valence-electron chi connectivity index (χ3n) is 3.26. The van der Waals surface area contributed by atoms with Crippen molar-refractivity contribution in [2.75, 3.05) is 13.1 Å². The van der Waals surface area contributed by atoms with Crippen LogP contribution in [0.2, 0.25) is 0 Å². The summed E-state index contributed by atoms with van der Waals surface area (Å²) >= 11 is 0. The van der Waals surface area contributed by atoms with Gasteiger partial charge in [0, 0.05) is 18.2 Å². The van der Waals surface area contributed by atoms with E-state index in [1.165, 1.54) is 37.1 Å². The number of rotatable bonds is 5. The van der Waals surface area contributed by atoms with Gasteiger partial charge in [-0.2, -0.15) is 8.78 Å². The first kappa shape index (κ1) is 14.7. The molecule has 1 aromatic rings. The fourth-order valence-corrected chi connectivity index (χ4v) is 2.20. The van der Waals surface area contributed by atoms with Crippen LogP contribution in [-0.2, 0) is 0 Å². The summed E-state index contributed by atoms with van der Waals surface area (Å²) in [4.78, 5) is 11.9. The van der Waals surface area contributed by atoms with Gasteiger partial charge in [0.05, 0.1) is 0 Å². The number of carbonyl (C=O) groups excluding carboxylic acids is 1. The Balaban J connectivity index is 1.82. The molecule has 1 unspecified atom stereocenters. The van der Waals surface area contributed by atoms with Crippen molar-refractivity contribution in [3.63, 3.8) is 0 Å². The van der Waals surface area contributed by atoms with Crippen LogP contribution in [-0.4, -0.2) is 31.7 Å². The van der Waals surface area contributed by atoms with Gasteiger partial charge in [0.1, 0.15) is 5.75 Å². The van der Waals surface area contributed by atoms with Gasteiger partial charge in [0.2, 0.25) is 0 Å². The smallest absolute Gasteiger partial charge is 0.387 e. The quantitative estimate of drug-likeness (QED) is 0.871. The van der Waals surface area contributed by atoms with Crippen LogP contribution < -0.4 is 15.4 Å². The fraction of sp³-hybridized carbons (Fsp3) is 0.500. The summed E-state index contributed by atoms with van der Waals surface area (Å²) in [6.45, 7) is -1.29. The lowest BCUT2D eigenvalue weighted by molar-refractivity contribution is -0.0498. The Morgan fingerprint density at radius 3 is 2.70 bits per heavy atom. The molecule has 2 rings (SSSR count). The molecule has 110 valence electrons. The number of ether oxygens (including phenoxy) is 1. The molecule has 4 nitrogen and oxygen atoms in total. The normalized spacial score (nSPS) is 18.9. The summed E-state index contributed by atoms with van der Waals surface area (Å²) in [5.74, 6) is -0.161. The number of carbonyl (C=O) groups is 1. The van der Waals surface area contributed by atoms with Crippen LogP contribution in [0.1, 0.15) is 29.6 Å². The summed E-state index contributed by atoms with van der Waals surface area (Å²) in [7, 11) is 0. The number of nitrogens with one attached hydrogen (secondary N) is 2. The van der Waals surface area contributed by atoms with Crippen LogP contribution in [0.3, 0.4) is 0 Å². The Morgan fingerprint density at radius 2 is 2.10 bits per heavy atom. The maximum Gasteiger partial charge on any atom is 0.387 e. The summed E-state index contributed by atoms with van der Waals surface area (Å²) in [6.07, 6.45) is 3.41. The number of hydrogen-bond donors (Lipinski definition) is 2. The second-order valence-corrected chi connectivity index (χ2v) is 4.76. The number of alkyl halides is 2. The highest BCUT2D eigenvalue weighted by atomic mass is 19.3. The molecular weight excluding hydrogens is 266 g/mol. The number of benzene rings is 1. The van der Waals surface area contributed by atoms with Gasteiger partial charge in [0.25, 0.3) is 5.91 Å².